The highest BCUT2D eigenvalue weighted by molar-refractivity contribution is 8.00. The molecular formula is C26H20Cl2F3N3O3S. The minimum absolute atomic E-state index is 0.0363. The van der Waals surface area contributed by atoms with Gasteiger partial charge in [-0.05, 0) is 35.0 Å². The Bertz CT molecular complexity index is 1440. The summed E-state index contributed by atoms with van der Waals surface area (Å²) >= 11 is 13.7. The number of nitrogens with one attached hydrogen (secondary N) is 2. The fraction of sp³-hybridized carbons (Fsp3) is 0.269. The van der Waals surface area contributed by atoms with Crippen LogP contribution in [0.3, 0.4) is 0 Å². The van der Waals surface area contributed by atoms with Gasteiger partial charge in [0, 0.05) is 50.7 Å². The SMILES string of the molecule is O=C(CNC(=O)c1ccc(C2=NOC(c3cc(Cl)cc(Cl)c3)(C(F)(F)F)C2)c2ccccc12)NC1CSC1. The molecule has 0 aliphatic carbocycles. The van der Waals surface area contributed by atoms with E-state index in [4.69, 9.17) is 28.0 Å². The number of oxime groups is 1. The topological polar surface area (TPSA) is 79.8 Å². The number of carbonyl (C=O) groups is 2. The maximum absolute atomic E-state index is 14.4. The van der Waals surface area contributed by atoms with Crippen molar-refractivity contribution in [1.29, 1.82) is 0 Å². The molecular weight excluding hydrogens is 562 g/mol. The summed E-state index contributed by atoms with van der Waals surface area (Å²) in [5.41, 5.74) is -2.32. The van der Waals surface area contributed by atoms with E-state index in [9.17, 15) is 22.8 Å². The first kappa shape index (κ1) is 26.6. The number of carbonyl (C=O) groups excluding carboxylic acids is 2. The number of nitrogens with zero attached hydrogens (tertiary/aromatic N) is 1. The van der Waals surface area contributed by atoms with Crippen molar-refractivity contribution in [2.24, 2.45) is 5.16 Å². The third-order valence-corrected chi connectivity index (χ3v) is 8.12. The number of halogens is 5. The van der Waals surface area contributed by atoms with Crippen molar-refractivity contribution in [3.05, 3.63) is 81.3 Å². The van der Waals surface area contributed by atoms with E-state index in [1.807, 2.05) is 0 Å². The molecule has 5 rings (SSSR count). The van der Waals surface area contributed by atoms with Crippen molar-refractivity contribution in [3.8, 4) is 0 Å². The molecule has 2 N–H and O–H groups in total. The van der Waals surface area contributed by atoms with Gasteiger partial charge in [0.25, 0.3) is 11.5 Å². The van der Waals surface area contributed by atoms with Gasteiger partial charge in [-0.15, -0.1) is 0 Å². The summed E-state index contributed by atoms with van der Waals surface area (Å²) in [7, 11) is 0. The number of amides is 2. The van der Waals surface area contributed by atoms with Gasteiger partial charge in [-0.25, -0.2) is 0 Å². The Morgan fingerprint density at radius 1 is 1.05 bits per heavy atom. The van der Waals surface area contributed by atoms with Crippen molar-refractivity contribution >= 4 is 63.3 Å². The van der Waals surface area contributed by atoms with Crippen LogP contribution in [0.2, 0.25) is 10.0 Å². The van der Waals surface area contributed by atoms with E-state index in [0.717, 1.165) is 23.6 Å². The second-order valence-electron chi connectivity index (χ2n) is 8.98. The zero-order valence-corrected chi connectivity index (χ0v) is 21.9. The van der Waals surface area contributed by atoms with E-state index in [1.165, 1.54) is 18.2 Å². The van der Waals surface area contributed by atoms with E-state index in [2.05, 4.69) is 15.8 Å². The van der Waals surface area contributed by atoms with E-state index in [0.29, 0.717) is 16.3 Å². The maximum atomic E-state index is 14.4. The first-order valence-corrected chi connectivity index (χ1v) is 13.4. The Labute approximate surface area is 229 Å². The van der Waals surface area contributed by atoms with Gasteiger partial charge in [-0.3, -0.25) is 9.59 Å². The van der Waals surface area contributed by atoms with Gasteiger partial charge in [0.2, 0.25) is 5.91 Å². The second kappa shape index (κ2) is 10.3. The van der Waals surface area contributed by atoms with E-state index in [-0.39, 0.29) is 45.4 Å². The van der Waals surface area contributed by atoms with Crippen LogP contribution in [0.5, 0.6) is 0 Å². The van der Waals surface area contributed by atoms with Crippen LogP contribution < -0.4 is 10.6 Å². The van der Waals surface area contributed by atoms with Gasteiger partial charge >= 0.3 is 6.18 Å². The van der Waals surface area contributed by atoms with Crippen LogP contribution >= 0.6 is 35.0 Å². The lowest BCUT2D eigenvalue weighted by molar-refractivity contribution is -0.275. The number of thioether (sulfide) groups is 1. The highest BCUT2D eigenvalue weighted by Crippen LogP contribution is 2.50. The van der Waals surface area contributed by atoms with Crippen molar-refractivity contribution in [2.75, 3.05) is 18.1 Å². The normalized spacial score (nSPS) is 19.4. The average molecular weight is 582 g/mol. The minimum atomic E-state index is -4.83. The molecule has 198 valence electrons. The highest BCUT2D eigenvalue weighted by Gasteiger charge is 2.62. The molecule has 1 unspecified atom stereocenters. The predicted octanol–water partition coefficient (Wildman–Crippen LogP) is 5.69. The number of fused-ring (bicyclic) bond motifs is 1. The first-order valence-electron chi connectivity index (χ1n) is 11.5. The van der Waals surface area contributed by atoms with Gasteiger partial charge in [-0.2, -0.15) is 24.9 Å². The van der Waals surface area contributed by atoms with Crippen LogP contribution in [0.15, 0.2) is 59.8 Å². The minimum Gasteiger partial charge on any atom is -0.374 e. The number of benzene rings is 3. The Balaban J connectivity index is 1.43. The highest BCUT2D eigenvalue weighted by atomic mass is 35.5. The Kier molecular flexibility index (Phi) is 7.23. The third kappa shape index (κ3) is 5.04. The molecule has 1 atom stereocenters. The van der Waals surface area contributed by atoms with Crippen molar-refractivity contribution in [1.82, 2.24) is 10.6 Å². The standard InChI is InChI=1S/C26H20Cl2F3N3O3S/c27-15-7-14(8-16(28)9-15)25(26(29,30)31)10-22(34-37-25)20-5-6-21(19-4-2-1-3-18(19)20)24(36)32-11-23(35)33-17-12-38-13-17/h1-9,17H,10-13H2,(H,32,36)(H,33,35). The zero-order chi connectivity index (χ0) is 27.1. The van der Waals surface area contributed by atoms with Gasteiger partial charge in [0.05, 0.1) is 12.3 Å². The van der Waals surface area contributed by atoms with Crippen LogP contribution in [-0.4, -0.2) is 47.8 Å². The maximum Gasteiger partial charge on any atom is 0.435 e. The number of alkyl halides is 3. The van der Waals surface area contributed by atoms with E-state index >= 15 is 0 Å². The molecule has 0 aromatic heterocycles. The summed E-state index contributed by atoms with van der Waals surface area (Å²) in [4.78, 5) is 30.2. The average Bonchev–Trinajstić information content (AvgIpc) is 3.30. The molecule has 0 radical (unpaired) electrons. The van der Waals surface area contributed by atoms with Crippen LogP contribution in [0.1, 0.15) is 27.9 Å². The monoisotopic (exact) mass is 581 g/mol. The fourth-order valence-electron chi connectivity index (χ4n) is 4.44. The fourth-order valence-corrected chi connectivity index (χ4v) is 5.60. The number of hydrogen-bond donors (Lipinski definition) is 2. The number of hydrogen-bond acceptors (Lipinski definition) is 5. The first-order chi connectivity index (χ1) is 18.1. The molecule has 2 amide bonds. The smallest absolute Gasteiger partial charge is 0.374 e. The molecule has 1 saturated heterocycles. The van der Waals surface area contributed by atoms with E-state index in [1.54, 1.807) is 36.0 Å². The van der Waals surface area contributed by atoms with Gasteiger partial charge < -0.3 is 15.5 Å². The molecule has 3 aromatic carbocycles. The third-order valence-electron chi connectivity index (χ3n) is 6.41. The Morgan fingerprint density at radius 2 is 1.74 bits per heavy atom. The van der Waals surface area contributed by atoms with Crippen LogP contribution in [0.25, 0.3) is 10.8 Å². The van der Waals surface area contributed by atoms with Crippen molar-refractivity contribution in [2.45, 2.75) is 24.2 Å². The molecule has 6 nitrogen and oxygen atoms in total. The summed E-state index contributed by atoms with van der Waals surface area (Å²) in [6.45, 7) is -0.188. The van der Waals surface area contributed by atoms with Crippen LogP contribution in [-0.2, 0) is 15.2 Å². The van der Waals surface area contributed by atoms with Gasteiger partial charge in [0.15, 0.2) is 0 Å². The number of rotatable bonds is 6. The Hall–Kier alpha value is -2.95. The molecule has 12 heteroatoms. The molecule has 2 heterocycles. The van der Waals surface area contributed by atoms with Crippen LogP contribution in [0, 0.1) is 0 Å². The van der Waals surface area contributed by atoms with Gasteiger partial charge in [0.1, 0.15) is 0 Å². The molecule has 0 bridgehead atoms. The summed E-state index contributed by atoms with van der Waals surface area (Å²) in [6, 6.07) is 13.6. The van der Waals surface area contributed by atoms with Crippen molar-refractivity contribution in [3.63, 3.8) is 0 Å². The lowest BCUT2D eigenvalue weighted by atomic mass is 9.85. The Morgan fingerprint density at radius 3 is 2.37 bits per heavy atom. The molecule has 2 aliphatic rings. The largest absolute Gasteiger partial charge is 0.435 e. The predicted molar refractivity (Wildman–Crippen MR) is 142 cm³/mol. The van der Waals surface area contributed by atoms with Crippen molar-refractivity contribution < 1.29 is 27.6 Å². The zero-order valence-electron chi connectivity index (χ0n) is 19.6. The van der Waals surface area contributed by atoms with Gasteiger partial charge in [-0.1, -0.05) is 58.7 Å². The molecule has 2 aliphatic heterocycles. The second-order valence-corrected chi connectivity index (χ2v) is 10.9. The summed E-state index contributed by atoms with van der Waals surface area (Å²) in [5.74, 6) is 0.930. The molecule has 0 spiro atoms. The molecule has 38 heavy (non-hydrogen) atoms. The van der Waals surface area contributed by atoms with E-state index < -0.39 is 24.1 Å². The quantitative estimate of drug-likeness (QED) is 0.392. The molecule has 0 saturated carbocycles. The summed E-state index contributed by atoms with van der Waals surface area (Å²) in [5, 5.41) is 10.4. The lowest BCUT2D eigenvalue weighted by Gasteiger charge is -2.29. The summed E-state index contributed by atoms with van der Waals surface area (Å²) < 4.78 is 43.3. The molecule has 3 aromatic rings. The molecule has 1 fully saturated rings. The summed E-state index contributed by atoms with van der Waals surface area (Å²) in [6.07, 6.45) is -5.46. The lowest BCUT2D eigenvalue weighted by Crippen LogP contribution is -2.47. The van der Waals surface area contributed by atoms with Crippen LogP contribution in [0.4, 0.5) is 13.2 Å².